The lowest BCUT2D eigenvalue weighted by molar-refractivity contribution is -0.314. The number of halogens is 6. The van der Waals surface area contributed by atoms with E-state index in [4.69, 9.17) is 0 Å². The molecule has 0 unspecified atom stereocenters. The Morgan fingerprint density at radius 3 is 1.75 bits per heavy atom. The molecule has 1 aromatic rings. The van der Waals surface area contributed by atoms with Crippen molar-refractivity contribution in [3.05, 3.63) is 35.9 Å². The first-order valence-corrected chi connectivity index (χ1v) is 8.19. The Morgan fingerprint density at radius 1 is 0.929 bits per heavy atom. The second-order valence-electron chi connectivity index (χ2n) is 7.51. The number of ketones is 2. The van der Waals surface area contributed by atoms with Crippen LogP contribution in [-0.2, 0) is 9.59 Å². The Kier molecular flexibility index (Phi) is 5.39. The maximum atomic E-state index is 13.8. The van der Waals surface area contributed by atoms with Gasteiger partial charge in [-0.2, -0.15) is 26.3 Å². The van der Waals surface area contributed by atoms with Crippen molar-refractivity contribution in [2.24, 2.45) is 11.3 Å². The molecule has 1 amide bonds. The highest BCUT2D eigenvalue weighted by molar-refractivity contribution is 6.08. The number of amides is 1. The molecule has 0 atom stereocenters. The maximum absolute atomic E-state index is 13.8. The van der Waals surface area contributed by atoms with Crippen LogP contribution in [0, 0.1) is 11.3 Å². The predicted octanol–water partition coefficient (Wildman–Crippen LogP) is 3.85. The first kappa shape index (κ1) is 21.9. The number of Topliss-reactive ketones (excluding diaryl/α,β-unsaturated/α-hetero) is 2. The van der Waals surface area contributed by atoms with Gasteiger partial charge in [0, 0.05) is 18.4 Å². The summed E-state index contributed by atoms with van der Waals surface area (Å²) in [6, 6.07) is 5.93. The largest absolute Gasteiger partial charge is 0.421 e. The lowest BCUT2D eigenvalue weighted by atomic mass is 9.64. The summed E-state index contributed by atoms with van der Waals surface area (Å²) in [5.74, 6) is -7.82. The number of rotatable bonds is 3. The van der Waals surface area contributed by atoms with Crippen LogP contribution in [0.25, 0.3) is 0 Å². The predicted molar refractivity (Wildman–Crippen MR) is 85.3 cm³/mol. The SMILES string of the molecule is CC1(C)CC(=O)C(C(NC(=O)c2ccccc2)(C(F)(F)F)C(F)(F)F)C(=O)C1. The third kappa shape index (κ3) is 3.77. The van der Waals surface area contributed by atoms with Crippen molar-refractivity contribution in [3.63, 3.8) is 0 Å². The Labute approximate surface area is 156 Å². The minimum Gasteiger partial charge on any atom is -0.329 e. The molecular weight excluding hydrogens is 392 g/mol. The quantitative estimate of drug-likeness (QED) is 0.609. The van der Waals surface area contributed by atoms with Gasteiger partial charge in [-0.25, -0.2) is 0 Å². The number of benzene rings is 1. The highest BCUT2D eigenvalue weighted by atomic mass is 19.4. The number of carbonyl (C=O) groups excluding carboxylic acids is 3. The molecule has 1 saturated carbocycles. The van der Waals surface area contributed by atoms with Gasteiger partial charge in [0.2, 0.25) is 5.54 Å². The molecule has 1 fully saturated rings. The number of hydrogen-bond donors (Lipinski definition) is 1. The topological polar surface area (TPSA) is 63.2 Å². The third-order valence-corrected chi connectivity index (χ3v) is 4.62. The second kappa shape index (κ2) is 6.89. The average Bonchev–Trinajstić information content (AvgIpc) is 2.50. The van der Waals surface area contributed by atoms with Crippen LogP contribution in [0.4, 0.5) is 26.3 Å². The highest BCUT2D eigenvalue weighted by Gasteiger charge is 2.78. The van der Waals surface area contributed by atoms with E-state index in [9.17, 15) is 40.7 Å². The summed E-state index contributed by atoms with van der Waals surface area (Å²) < 4.78 is 83.0. The Balaban J connectivity index is 2.64. The van der Waals surface area contributed by atoms with Crippen molar-refractivity contribution in [2.75, 3.05) is 0 Å². The molecule has 1 aromatic carbocycles. The molecule has 0 saturated heterocycles. The van der Waals surface area contributed by atoms with Crippen LogP contribution >= 0.6 is 0 Å². The lowest BCUT2D eigenvalue weighted by Crippen LogP contribution is -2.75. The molecule has 1 N–H and O–H groups in total. The van der Waals surface area contributed by atoms with Gasteiger partial charge in [-0.05, 0) is 17.5 Å². The van der Waals surface area contributed by atoms with Gasteiger partial charge < -0.3 is 5.32 Å². The molecule has 28 heavy (non-hydrogen) atoms. The minimum absolute atomic E-state index is 0.476. The van der Waals surface area contributed by atoms with Crippen molar-refractivity contribution < 1.29 is 40.7 Å². The Bertz CT molecular complexity index is 749. The van der Waals surface area contributed by atoms with Crippen molar-refractivity contribution in [1.29, 1.82) is 0 Å². The van der Waals surface area contributed by atoms with Crippen molar-refractivity contribution in [3.8, 4) is 0 Å². The van der Waals surface area contributed by atoms with Gasteiger partial charge in [0.15, 0.2) is 0 Å². The summed E-state index contributed by atoms with van der Waals surface area (Å²) in [7, 11) is 0. The smallest absolute Gasteiger partial charge is 0.329 e. The molecule has 0 aromatic heterocycles. The van der Waals surface area contributed by atoms with E-state index in [0.717, 1.165) is 17.4 Å². The summed E-state index contributed by atoms with van der Waals surface area (Å²) in [4.78, 5) is 36.8. The van der Waals surface area contributed by atoms with Crippen LogP contribution in [0.3, 0.4) is 0 Å². The molecule has 0 spiro atoms. The van der Waals surface area contributed by atoms with Gasteiger partial charge in [-0.3, -0.25) is 14.4 Å². The number of alkyl halides is 6. The van der Waals surface area contributed by atoms with E-state index >= 15 is 0 Å². The van der Waals surface area contributed by atoms with Gasteiger partial charge >= 0.3 is 12.4 Å². The highest BCUT2D eigenvalue weighted by Crippen LogP contribution is 2.51. The van der Waals surface area contributed by atoms with Crippen LogP contribution in [0.2, 0.25) is 0 Å². The zero-order valence-corrected chi connectivity index (χ0v) is 14.9. The number of nitrogens with one attached hydrogen (secondary N) is 1. The van der Waals surface area contributed by atoms with E-state index in [1.54, 1.807) is 0 Å². The monoisotopic (exact) mass is 409 g/mol. The van der Waals surface area contributed by atoms with E-state index < -0.39 is 65.1 Å². The zero-order chi connectivity index (χ0) is 21.5. The summed E-state index contributed by atoms with van der Waals surface area (Å²) in [5, 5.41) is 0.954. The molecule has 4 nitrogen and oxygen atoms in total. The van der Waals surface area contributed by atoms with E-state index in [0.29, 0.717) is 0 Å². The minimum atomic E-state index is -6.15. The van der Waals surface area contributed by atoms with E-state index in [1.807, 2.05) is 0 Å². The van der Waals surface area contributed by atoms with Crippen LogP contribution in [-0.4, -0.2) is 35.4 Å². The van der Waals surface area contributed by atoms with Crippen molar-refractivity contribution in [1.82, 2.24) is 5.32 Å². The van der Waals surface area contributed by atoms with Crippen molar-refractivity contribution >= 4 is 17.5 Å². The summed E-state index contributed by atoms with van der Waals surface area (Å²) in [5.41, 5.74) is -6.56. The normalized spacial score (nSPS) is 18.9. The number of hydrogen-bond acceptors (Lipinski definition) is 3. The molecule has 0 bridgehead atoms. The van der Waals surface area contributed by atoms with Gasteiger partial charge in [-0.15, -0.1) is 0 Å². The average molecular weight is 409 g/mol. The second-order valence-corrected chi connectivity index (χ2v) is 7.51. The molecular formula is C18H17F6NO3. The van der Waals surface area contributed by atoms with Gasteiger partial charge in [0.1, 0.15) is 17.5 Å². The fourth-order valence-corrected chi connectivity index (χ4v) is 3.42. The molecule has 0 radical (unpaired) electrons. The zero-order valence-electron chi connectivity index (χ0n) is 14.9. The van der Waals surface area contributed by atoms with E-state index in [2.05, 4.69) is 0 Å². The standard InChI is InChI=1S/C18H17F6NO3/c1-15(2)8-11(26)13(12(27)9-15)16(17(19,20)21,18(22,23)24)25-14(28)10-6-4-3-5-7-10/h3-7,13H,8-9H2,1-2H3,(H,25,28). The summed E-state index contributed by atoms with van der Waals surface area (Å²) in [6.45, 7) is 2.79. The van der Waals surface area contributed by atoms with Crippen molar-refractivity contribution in [2.45, 2.75) is 44.6 Å². The maximum Gasteiger partial charge on any atom is 0.421 e. The molecule has 1 aliphatic carbocycles. The molecule has 0 aliphatic heterocycles. The van der Waals surface area contributed by atoms with Crippen LogP contribution < -0.4 is 5.32 Å². The Morgan fingerprint density at radius 2 is 1.36 bits per heavy atom. The summed E-state index contributed by atoms with van der Waals surface area (Å²) in [6.07, 6.45) is -13.6. The third-order valence-electron chi connectivity index (χ3n) is 4.62. The van der Waals surface area contributed by atoms with Crippen LogP contribution in [0.1, 0.15) is 37.0 Å². The molecule has 10 heteroatoms. The molecule has 2 rings (SSSR count). The van der Waals surface area contributed by atoms with E-state index in [-0.39, 0.29) is 0 Å². The number of carbonyl (C=O) groups is 3. The fourth-order valence-electron chi connectivity index (χ4n) is 3.42. The van der Waals surface area contributed by atoms with Gasteiger partial charge in [-0.1, -0.05) is 32.0 Å². The van der Waals surface area contributed by atoms with Crippen LogP contribution in [0.5, 0.6) is 0 Å². The fraction of sp³-hybridized carbons (Fsp3) is 0.500. The van der Waals surface area contributed by atoms with E-state index in [1.165, 1.54) is 32.0 Å². The van der Waals surface area contributed by atoms with Crippen LogP contribution in [0.15, 0.2) is 30.3 Å². The lowest BCUT2D eigenvalue weighted by Gasteiger charge is -2.45. The molecule has 1 aliphatic rings. The van der Waals surface area contributed by atoms with Gasteiger partial charge in [0.25, 0.3) is 5.91 Å². The molecule has 154 valence electrons. The first-order valence-electron chi connectivity index (χ1n) is 8.19. The van der Waals surface area contributed by atoms with Gasteiger partial charge in [0.05, 0.1) is 0 Å². The Hall–Kier alpha value is -2.39. The first-order chi connectivity index (χ1) is 12.6. The molecule has 0 heterocycles. The summed E-state index contributed by atoms with van der Waals surface area (Å²) >= 11 is 0.